The molecule has 0 aliphatic heterocycles. The third kappa shape index (κ3) is 25.1. The molecule has 0 aromatic carbocycles. The van der Waals surface area contributed by atoms with Crippen molar-refractivity contribution in [3.8, 4) is 0 Å². The first-order valence-corrected chi connectivity index (χ1v) is 2.70. The lowest BCUT2D eigenvalue weighted by atomic mass is 10.6. The van der Waals surface area contributed by atoms with Gasteiger partial charge in [-0.25, -0.2) is 4.57 Å². The van der Waals surface area contributed by atoms with Gasteiger partial charge in [0.25, 0.3) is 8.05 Å². The molecule has 9 heavy (non-hydrogen) atoms. The van der Waals surface area contributed by atoms with Crippen molar-refractivity contribution in [3.63, 3.8) is 0 Å². The van der Waals surface area contributed by atoms with Crippen molar-refractivity contribution < 1.29 is 18.8 Å². The van der Waals surface area contributed by atoms with E-state index in [9.17, 15) is 4.57 Å². The first-order chi connectivity index (χ1) is 2.56. The van der Waals surface area contributed by atoms with Gasteiger partial charge >= 0.3 is 77.0 Å². The molecular weight excluding hydrogens is 179 g/mol. The largest absolute Gasteiger partial charge is 0.454 e. The van der Waals surface area contributed by atoms with Crippen LogP contribution in [0.4, 0.5) is 0 Å². The summed E-state index contributed by atoms with van der Waals surface area (Å²) in [5, 5.41) is 0. The zero-order valence-electron chi connectivity index (χ0n) is 3.16. The predicted molar refractivity (Wildman–Crippen MR) is 47.3 cm³/mol. The molecule has 0 fully saturated rings. The Bertz CT molecular complexity index is 79.9. The van der Waals surface area contributed by atoms with Crippen molar-refractivity contribution in [2.24, 2.45) is 0 Å². The van der Waals surface area contributed by atoms with E-state index in [2.05, 4.69) is 4.44 Å². The summed E-state index contributed by atoms with van der Waals surface area (Å²) >= 11 is 0. The molecule has 2 N–H and O–H groups in total. The van der Waals surface area contributed by atoms with Crippen LogP contribution in [-0.4, -0.2) is 87.0 Å². The lowest BCUT2D eigenvalue weighted by Gasteiger charge is -1.94. The lowest BCUT2D eigenvalue weighted by molar-refractivity contribution is 0.292. The summed E-state index contributed by atoms with van der Waals surface area (Å²) in [4.78, 5) is 15.4. The highest BCUT2D eigenvalue weighted by Crippen LogP contribution is 2.33. The van der Waals surface area contributed by atoms with Crippen LogP contribution in [0.5, 0.6) is 0 Å². The molecule has 9 heteroatoms. The zero-order chi connectivity index (χ0) is 5.21. The summed E-state index contributed by atoms with van der Waals surface area (Å²) in [6.07, 6.45) is 0. The quantitative estimate of drug-likeness (QED) is 0.325. The van der Waals surface area contributed by atoms with Gasteiger partial charge in [0.05, 0.1) is 0 Å². The Hall–Kier alpha value is 2.47. The number of hydrogen-bond acceptors (Lipinski definition) is 2. The standard InChI is InChI=1S/BH4O4P.3Mg.6H/c1-5-6(2,3)4;;;;;;;;;/h1H2,(H2,2,3,4);;;;;;;;;. The molecule has 0 amide bonds. The molecule has 0 atom stereocenters. The highest BCUT2D eigenvalue weighted by Gasteiger charge is 2.06. The van der Waals surface area contributed by atoms with Crippen LogP contribution in [0.15, 0.2) is 0 Å². The van der Waals surface area contributed by atoms with Crippen LogP contribution in [0.2, 0.25) is 0 Å². The molecule has 0 saturated carbocycles. The Balaban J connectivity index is -0.0000000417. The number of phosphoric acid groups is 1. The highest BCUT2D eigenvalue weighted by molar-refractivity contribution is 7.47. The van der Waals surface area contributed by atoms with Crippen LogP contribution in [0.3, 0.4) is 0 Å². The van der Waals surface area contributed by atoms with Crippen molar-refractivity contribution in [2.45, 2.75) is 0 Å². The fraction of sp³-hybridized carbons (Fsp3) is 0. The summed E-state index contributed by atoms with van der Waals surface area (Å²) in [6, 6.07) is 0. The van der Waals surface area contributed by atoms with Gasteiger partial charge in [-0.3, -0.25) is 0 Å². The van der Waals surface area contributed by atoms with Gasteiger partial charge in [0.2, 0.25) is 0 Å². The molecule has 0 rings (SSSR count). The summed E-state index contributed by atoms with van der Waals surface area (Å²) < 4.78 is 13.1. The third-order valence-corrected chi connectivity index (χ3v) is 0.714. The van der Waals surface area contributed by atoms with E-state index in [4.69, 9.17) is 9.79 Å². The van der Waals surface area contributed by atoms with Crippen LogP contribution >= 0.6 is 7.82 Å². The molecule has 0 bridgehead atoms. The molecule has 0 aliphatic carbocycles. The molecule has 0 saturated heterocycles. The van der Waals surface area contributed by atoms with Gasteiger partial charge in [-0.05, 0) is 0 Å². The smallest absolute Gasteiger partial charge is 0.358 e. The minimum absolute atomic E-state index is 0. The molecule has 0 aliphatic rings. The van der Waals surface area contributed by atoms with Gasteiger partial charge in [0.1, 0.15) is 0 Å². The Labute approximate surface area is 103 Å². The second kappa shape index (κ2) is 10.5. The van der Waals surface area contributed by atoms with Crippen LogP contribution in [0, 0.1) is 0 Å². The van der Waals surface area contributed by atoms with E-state index in [-0.39, 0.29) is 69.2 Å². The van der Waals surface area contributed by atoms with E-state index in [0.29, 0.717) is 0 Å². The van der Waals surface area contributed by atoms with Crippen LogP contribution in [0.25, 0.3) is 0 Å². The van der Waals surface area contributed by atoms with Crippen molar-refractivity contribution in [1.29, 1.82) is 0 Å². The first kappa shape index (κ1) is 22.5. The maximum absolute atomic E-state index is 9.47. The van der Waals surface area contributed by atoms with E-state index in [0.717, 1.165) is 8.05 Å². The van der Waals surface area contributed by atoms with Crippen LogP contribution < -0.4 is 0 Å². The Morgan fingerprint density at radius 3 is 1.33 bits per heavy atom. The highest BCUT2D eigenvalue weighted by atomic mass is 31.2. The Morgan fingerprint density at radius 2 is 1.33 bits per heavy atom. The lowest BCUT2D eigenvalue weighted by Crippen LogP contribution is -1.78. The Kier molecular flexibility index (Phi) is 26.2. The summed E-state index contributed by atoms with van der Waals surface area (Å²) in [5.74, 6) is 0. The van der Waals surface area contributed by atoms with Crippen molar-refractivity contribution in [3.05, 3.63) is 0 Å². The van der Waals surface area contributed by atoms with Crippen molar-refractivity contribution >= 4 is 85.0 Å². The average Bonchev–Trinajstić information content (AvgIpc) is 1.35. The molecule has 0 aromatic heterocycles. The minimum atomic E-state index is -4.15. The average molecular weight is 189 g/mol. The van der Waals surface area contributed by atoms with Gasteiger partial charge in [0.15, 0.2) is 0 Å². The van der Waals surface area contributed by atoms with Gasteiger partial charge in [-0.1, -0.05) is 0 Å². The van der Waals surface area contributed by atoms with Gasteiger partial charge in [-0.2, -0.15) is 0 Å². The monoisotopic (exact) mass is 188 g/mol. The third-order valence-electron chi connectivity index (χ3n) is 0.238. The zero-order valence-corrected chi connectivity index (χ0v) is 4.05. The molecule has 0 unspecified atom stereocenters. The summed E-state index contributed by atoms with van der Waals surface area (Å²) in [6.45, 7) is 0. The fourth-order valence-electron chi connectivity index (χ4n) is 0. The second-order valence-electron chi connectivity index (χ2n) is 0.673. The predicted octanol–water partition coefficient (Wildman–Crippen LogP) is -4.10. The van der Waals surface area contributed by atoms with Crippen LogP contribution in [0.1, 0.15) is 0 Å². The molecule has 4 nitrogen and oxygen atoms in total. The van der Waals surface area contributed by atoms with E-state index in [1.54, 1.807) is 0 Å². The number of rotatable bonds is 1. The fourth-order valence-corrected chi connectivity index (χ4v) is 0. The van der Waals surface area contributed by atoms with E-state index < -0.39 is 7.82 Å². The van der Waals surface area contributed by atoms with Gasteiger partial charge < -0.3 is 14.2 Å². The maximum Gasteiger partial charge on any atom is 0.454 e. The summed E-state index contributed by atoms with van der Waals surface area (Å²) in [5.41, 5.74) is 0. The van der Waals surface area contributed by atoms with Crippen LogP contribution in [-0.2, 0) is 9.01 Å². The van der Waals surface area contributed by atoms with Crippen molar-refractivity contribution in [1.82, 2.24) is 0 Å². The molecule has 0 heterocycles. The SMILES string of the molecule is BOP(=O)(O)O.[MgH2].[MgH2].[MgH2]. The first-order valence-electron chi connectivity index (χ1n) is 1.17. The molecule has 0 aromatic rings. The maximum atomic E-state index is 9.47. The van der Waals surface area contributed by atoms with E-state index >= 15 is 0 Å². The normalized spacial score (nSPS) is 7.78. The molecular formula is H10BMg3O4P. The topological polar surface area (TPSA) is 66.8 Å². The van der Waals surface area contributed by atoms with E-state index in [1.165, 1.54) is 0 Å². The van der Waals surface area contributed by atoms with Crippen molar-refractivity contribution in [2.75, 3.05) is 0 Å². The number of hydrogen-bond donors (Lipinski definition) is 2. The molecule has 0 radical (unpaired) electrons. The second-order valence-corrected chi connectivity index (χ2v) is 2.02. The minimum Gasteiger partial charge on any atom is -0.358 e. The van der Waals surface area contributed by atoms with E-state index in [1.807, 2.05) is 0 Å². The molecule has 48 valence electrons. The van der Waals surface area contributed by atoms with Gasteiger partial charge in [-0.15, -0.1) is 0 Å². The summed E-state index contributed by atoms with van der Waals surface area (Å²) in [7, 11) is -3.20. The van der Waals surface area contributed by atoms with Gasteiger partial charge in [0, 0.05) is 0 Å². The Morgan fingerprint density at radius 1 is 1.22 bits per heavy atom. The molecule has 0 spiro atoms.